The quantitative estimate of drug-likeness (QED) is 0.0222. The van der Waals surface area contributed by atoms with Gasteiger partial charge >= 0.3 is 39.5 Å². The molecule has 0 heterocycles. The molecule has 0 aliphatic heterocycles. The summed E-state index contributed by atoms with van der Waals surface area (Å²) in [5.41, 5.74) is 0. The molecule has 0 amide bonds. The predicted octanol–water partition coefficient (Wildman–Crippen LogP) is 17.8. The highest BCUT2D eigenvalue weighted by atomic mass is 31.2. The lowest BCUT2D eigenvalue weighted by atomic mass is 10.0. The number of hydrogen-bond donors (Lipinski definition) is 3. The van der Waals surface area contributed by atoms with E-state index in [2.05, 4.69) is 34.6 Å². The first-order valence-electron chi connectivity index (χ1n) is 33.6. The molecular weight excluding hydrogens is 1100 g/mol. The number of ether oxygens (including phenoxy) is 4. The van der Waals surface area contributed by atoms with E-state index in [0.29, 0.717) is 31.6 Å². The van der Waals surface area contributed by atoms with Gasteiger partial charge in [-0.2, -0.15) is 0 Å². The predicted molar refractivity (Wildman–Crippen MR) is 331 cm³/mol. The molecule has 19 heteroatoms. The second-order valence-electron chi connectivity index (χ2n) is 23.6. The van der Waals surface area contributed by atoms with Crippen LogP contribution in [0.1, 0.15) is 324 Å². The summed E-state index contributed by atoms with van der Waals surface area (Å²) in [4.78, 5) is 72.1. The lowest BCUT2D eigenvalue weighted by Gasteiger charge is -2.21. The molecule has 5 atom stereocenters. The third kappa shape index (κ3) is 58.8. The Morgan fingerprint density at radius 3 is 0.819 bits per heavy atom. The first kappa shape index (κ1) is 81.1. The molecule has 0 saturated carbocycles. The largest absolute Gasteiger partial charge is 0.472 e. The number of rotatable bonds is 64. The average molecular weight is 1230 g/mol. The molecule has 0 saturated heterocycles. The first-order chi connectivity index (χ1) is 40.0. The Morgan fingerprint density at radius 1 is 0.325 bits per heavy atom. The monoisotopic (exact) mass is 1230 g/mol. The van der Waals surface area contributed by atoms with E-state index >= 15 is 0 Å². The Balaban J connectivity index is 5.20. The van der Waals surface area contributed by atoms with Gasteiger partial charge in [0.15, 0.2) is 12.2 Å². The molecule has 3 N–H and O–H groups in total. The molecule has 0 radical (unpaired) electrons. The Morgan fingerprint density at radius 2 is 0.554 bits per heavy atom. The zero-order chi connectivity index (χ0) is 61.3. The third-order valence-electron chi connectivity index (χ3n) is 14.8. The van der Waals surface area contributed by atoms with Crippen molar-refractivity contribution in [3.63, 3.8) is 0 Å². The van der Waals surface area contributed by atoms with Crippen molar-refractivity contribution >= 4 is 39.5 Å². The summed E-state index contributed by atoms with van der Waals surface area (Å²) in [7, 11) is -9.88. The van der Waals surface area contributed by atoms with Crippen LogP contribution in [0.3, 0.4) is 0 Å². The van der Waals surface area contributed by atoms with Crippen LogP contribution in [0.5, 0.6) is 0 Å². The van der Waals surface area contributed by atoms with Crippen molar-refractivity contribution in [2.45, 2.75) is 342 Å². The number of esters is 4. The molecular formula is C64H124O17P2. The smallest absolute Gasteiger partial charge is 0.462 e. The van der Waals surface area contributed by atoms with Crippen molar-refractivity contribution in [3.8, 4) is 0 Å². The van der Waals surface area contributed by atoms with Crippen molar-refractivity contribution in [2.75, 3.05) is 39.6 Å². The van der Waals surface area contributed by atoms with Crippen LogP contribution in [0, 0.1) is 5.92 Å². The van der Waals surface area contributed by atoms with Gasteiger partial charge in [-0.3, -0.25) is 37.3 Å². The number of carbonyl (C=O) groups is 4. The lowest BCUT2D eigenvalue weighted by molar-refractivity contribution is -0.161. The SMILES string of the molecule is CCCCCCCCCCCCCCCCCC(=O)O[C@H](COC(=O)CCCCCCCCCCCCCC)COP(=O)(O)OC[C@@H](O)COP(=O)(O)OC[C@@H](COC(=O)CCCCCCCCC)OC(=O)CCCCCCCCC(C)C. The zero-order valence-electron chi connectivity index (χ0n) is 53.3. The average Bonchev–Trinajstić information content (AvgIpc) is 3.46. The van der Waals surface area contributed by atoms with Gasteiger partial charge in [-0.25, -0.2) is 9.13 Å². The maximum atomic E-state index is 13.0. The minimum atomic E-state index is -4.94. The number of phosphoric acid groups is 2. The van der Waals surface area contributed by atoms with Gasteiger partial charge < -0.3 is 33.8 Å². The summed E-state index contributed by atoms with van der Waals surface area (Å²) in [5.74, 6) is -1.47. The van der Waals surface area contributed by atoms with Crippen LogP contribution in [0.4, 0.5) is 0 Å². The number of aliphatic hydroxyl groups is 1. The first-order valence-corrected chi connectivity index (χ1v) is 36.6. The van der Waals surface area contributed by atoms with Gasteiger partial charge in [-0.15, -0.1) is 0 Å². The molecule has 0 bridgehead atoms. The summed E-state index contributed by atoms with van der Waals surface area (Å²) in [6.45, 7) is 7.07. The van der Waals surface area contributed by atoms with E-state index in [9.17, 15) is 43.2 Å². The molecule has 0 aromatic heterocycles. The standard InChI is InChI=1S/C64H124O17P2/c1-6-9-12-15-18-20-22-24-25-26-28-30-33-39-44-49-63(68)80-59(54-75-62(67)48-43-38-32-29-27-23-21-19-16-13-10-7-2)55-78-82(70,71)76-51-58(65)52-77-83(72,73)79-56-60(53-74-61(66)47-42-37-31-17-14-11-8-3)81-64(69)50-45-40-35-34-36-41-46-57(4)5/h57-60,65H,6-56H2,1-5H3,(H,70,71)(H,72,73)/t58-,59-,60-/m1/s1. The Bertz CT molecular complexity index is 1620. The second kappa shape index (κ2) is 57.8. The van der Waals surface area contributed by atoms with Crippen LogP contribution < -0.4 is 0 Å². The minimum absolute atomic E-state index is 0.102. The van der Waals surface area contributed by atoms with Gasteiger partial charge in [-0.05, 0) is 31.6 Å². The van der Waals surface area contributed by atoms with Gasteiger partial charge in [0.2, 0.25) is 0 Å². The normalized spacial score (nSPS) is 14.2. The van der Waals surface area contributed by atoms with Crippen molar-refractivity contribution < 1.29 is 80.2 Å². The van der Waals surface area contributed by atoms with Crippen molar-refractivity contribution in [2.24, 2.45) is 5.92 Å². The van der Waals surface area contributed by atoms with E-state index in [1.807, 2.05) is 0 Å². The number of hydrogen-bond acceptors (Lipinski definition) is 15. The fraction of sp³-hybridized carbons (Fsp3) is 0.938. The number of carbonyl (C=O) groups excluding carboxylic acids is 4. The summed E-state index contributed by atoms with van der Waals surface area (Å²) in [6.07, 6.45) is 41.9. The lowest BCUT2D eigenvalue weighted by Crippen LogP contribution is -2.30. The highest BCUT2D eigenvalue weighted by molar-refractivity contribution is 7.47. The molecule has 2 unspecified atom stereocenters. The molecule has 492 valence electrons. The summed E-state index contributed by atoms with van der Waals surface area (Å²) in [5, 5.41) is 10.5. The van der Waals surface area contributed by atoms with Crippen LogP contribution >= 0.6 is 15.6 Å². The molecule has 0 spiro atoms. The van der Waals surface area contributed by atoms with E-state index in [1.165, 1.54) is 135 Å². The van der Waals surface area contributed by atoms with Crippen LogP contribution in [-0.2, 0) is 65.4 Å². The van der Waals surface area contributed by atoms with Gasteiger partial charge in [0.25, 0.3) is 0 Å². The maximum absolute atomic E-state index is 13.0. The van der Waals surface area contributed by atoms with Crippen LogP contribution in [-0.4, -0.2) is 96.7 Å². The van der Waals surface area contributed by atoms with Crippen LogP contribution in [0.25, 0.3) is 0 Å². The van der Waals surface area contributed by atoms with E-state index < -0.39 is 97.5 Å². The van der Waals surface area contributed by atoms with Crippen molar-refractivity contribution in [1.29, 1.82) is 0 Å². The van der Waals surface area contributed by atoms with E-state index in [0.717, 1.165) is 103 Å². The van der Waals surface area contributed by atoms with Gasteiger partial charge in [0.05, 0.1) is 26.4 Å². The topological polar surface area (TPSA) is 237 Å². The highest BCUT2D eigenvalue weighted by Gasteiger charge is 2.30. The molecule has 0 aliphatic rings. The summed E-state index contributed by atoms with van der Waals surface area (Å²) >= 11 is 0. The summed E-state index contributed by atoms with van der Waals surface area (Å²) < 4.78 is 67.9. The van der Waals surface area contributed by atoms with Crippen molar-refractivity contribution in [1.82, 2.24) is 0 Å². The fourth-order valence-corrected chi connectivity index (χ4v) is 11.2. The maximum Gasteiger partial charge on any atom is 0.472 e. The molecule has 0 aliphatic carbocycles. The van der Waals surface area contributed by atoms with Gasteiger partial charge in [0, 0.05) is 25.7 Å². The van der Waals surface area contributed by atoms with Crippen LogP contribution in [0.15, 0.2) is 0 Å². The van der Waals surface area contributed by atoms with E-state index in [1.54, 1.807) is 0 Å². The van der Waals surface area contributed by atoms with E-state index in [4.69, 9.17) is 37.0 Å². The third-order valence-corrected chi connectivity index (χ3v) is 16.7. The number of unbranched alkanes of at least 4 members (excludes halogenated alkanes) is 36. The zero-order valence-corrected chi connectivity index (χ0v) is 55.1. The van der Waals surface area contributed by atoms with E-state index in [-0.39, 0.29) is 25.7 Å². The number of phosphoric ester groups is 2. The minimum Gasteiger partial charge on any atom is -0.462 e. The van der Waals surface area contributed by atoms with Gasteiger partial charge in [0.1, 0.15) is 19.3 Å². The van der Waals surface area contributed by atoms with Crippen LogP contribution in [0.2, 0.25) is 0 Å². The fourth-order valence-electron chi connectivity index (χ4n) is 9.58. The summed E-state index contributed by atoms with van der Waals surface area (Å²) in [6, 6.07) is 0. The Labute approximate surface area is 505 Å². The highest BCUT2D eigenvalue weighted by Crippen LogP contribution is 2.45. The van der Waals surface area contributed by atoms with Gasteiger partial charge in [-0.1, -0.05) is 272 Å². The van der Waals surface area contributed by atoms with Crippen molar-refractivity contribution in [3.05, 3.63) is 0 Å². The number of aliphatic hydroxyl groups excluding tert-OH is 1. The molecule has 17 nitrogen and oxygen atoms in total. The molecule has 0 rings (SSSR count). The molecule has 0 fully saturated rings. The molecule has 0 aromatic rings. The molecule has 0 aromatic carbocycles. The second-order valence-corrected chi connectivity index (χ2v) is 26.5. The Kier molecular flexibility index (Phi) is 56.4. The molecule has 83 heavy (non-hydrogen) atoms. The Hall–Kier alpha value is -1.94.